The van der Waals surface area contributed by atoms with Crippen LogP contribution in [0, 0.1) is 0 Å². The summed E-state index contributed by atoms with van der Waals surface area (Å²) in [6.07, 6.45) is 2.25. The first-order valence-corrected chi connectivity index (χ1v) is 6.23. The molecule has 102 valence electrons. The minimum absolute atomic E-state index is 0.0242. The van der Waals surface area contributed by atoms with E-state index in [1.807, 2.05) is 6.92 Å². The summed E-state index contributed by atoms with van der Waals surface area (Å²) in [5.41, 5.74) is 0.510. The summed E-state index contributed by atoms with van der Waals surface area (Å²) in [6, 6.07) is 0. The van der Waals surface area contributed by atoms with E-state index in [0.717, 1.165) is 6.42 Å². The second-order valence-corrected chi connectivity index (χ2v) is 5.36. The van der Waals surface area contributed by atoms with Crippen molar-refractivity contribution in [2.75, 3.05) is 7.11 Å². The van der Waals surface area contributed by atoms with Crippen molar-refractivity contribution in [1.29, 1.82) is 0 Å². The van der Waals surface area contributed by atoms with E-state index in [1.54, 1.807) is 13.3 Å². The van der Waals surface area contributed by atoms with Gasteiger partial charge in [0.15, 0.2) is 0 Å². The molecule has 0 radical (unpaired) electrons. The van der Waals surface area contributed by atoms with Gasteiger partial charge in [0.25, 0.3) is 5.56 Å². The quantitative estimate of drug-likeness (QED) is 0.839. The van der Waals surface area contributed by atoms with Gasteiger partial charge in [0, 0.05) is 31.0 Å². The van der Waals surface area contributed by atoms with E-state index >= 15 is 0 Å². The molecule has 0 spiro atoms. The molecule has 0 aliphatic carbocycles. The third kappa shape index (κ3) is 4.23. The van der Waals surface area contributed by atoms with Crippen LogP contribution in [-0.2, 0) is 11.3 Å². The maximum atomic E-state index is 11.9. The van der Waals surface area contributed by atoms with E-state index in [1.165, 1.54) is 0 Å². The Morgan fingerprint density at radius 1 is 1.50 bits per heavy atom. The van der Waals surface area contributed by atoms with Crippen molar-refractivity contribution in [3.05, 3.63) is 27.9 Å². The molecular formula is C13H23N3O2. The van der Waals surface area contributed by atoms with Crippen molar-refractivity contribution in [1.82, 2.24) is 15.3 Å². The first-order valence-electron chi connectivity index (χ1n) is 6.23. The summed E-state index contributed by atoms with van der Waals surface area (Å²) in [5.74, 6) is 0.588. The summed E-state index contributed by atoms with van der Waals surface area (Å²) in [6.45, 7) is 8.67. The normalized spacial score (nSPS) is 13.6. The van der Waals surface area contributed by atoms with Crippen LogP contribution in [-0.4, -0.2) is 22.6 Å². The van der Waals surface area contributed by atoms with Crippen LogP contribution in [0.4, 0.5) is 0 Å². The predicted molar refractivity (Wildman–Crippen MR) is 71.5 cm³/mol. The largest absolute Gasteiger partial charge is 0.374 e. The van der Waals surface area contributed by atoms with Gasteiger partial charge in [-0.2, -0.15) is 0 Å². The molecular weight excluding hydrogens is 230 g/mol. The molecule has 5 nitrogen and oxygen atoms in total. The van der Waals surface area contributed by atoms with Crippen LogP contribution in [0.15, 0.2) is 11.0 Å². The van der Waals surface area contributed by atoms with E-state index in [0.29, 0.717) is 17.9 Å². The maximum absolute atomic E-state index is 11.9. The van der Waals surface area contributed by atoms with E-state index in [9.17, 15) is 4.79 Å². The molecule has 0 saturated heterocycles. The van der Waals surface area contributed by atoms with Gasteiger partial charge in [0.1, 0.15) is 11.9 Å². The number of ether oxygens (including phenoxy) is 1. The van der Waals surface area contributed by atoms with Crippen LogP contribution < -0.4 is 10.9 Å². The predicted octanol–water partition coefficient (Wildman–Crippen LogP) is 1.76. The van der Waals surface area contributed by atoms with Gasteiger partial charge in [-0.05, 0) is 27.2 Å². The van der Waals surface area contributed by atoms with Gasteiger partial charge in [-0.1, -0.05) is 6.92 Å². The SMILES string of the molecule is CCC(OC)c1ncc(CNC(C)(C)C)c(=O)[nH]1. The second-order valence-electron chi connectivity index (χ2n) is 5.36. The van der Waals surface area contributed by atoms with E-state index in [-0.39, 0.29) is 17.2 Å². The van der Waals surface area contributed by atoms with Crippen molar-refractivity contribution in [3.8, 4) is 0 Å². The van der Waals surface area contributed by atoms with Crippen LogP contribution in [0.3, 0.4) is 0 Å². The average Bonchev–Trinajstić information content (AvgIpc) is 2.28. The number of nitrogens with one attached hydrogen (secondary N) is 2. The molecule has 0 amide bonds. The minimum Gasteiger partial charge on any atom is -0.374 e. The number of aromatic nitrogens is 2. The van der Waals surface area contributed by atoms with Crippen molar-refractivity contribution >= 4 is 0 Å². The molecule has 2 N–H and O–H groups in total. The minimum atomic E-state index is -0.151. The fraction of sp³-hybridized carbons (Fsp3) is 0.692. The summed E-state index contributed by atoms with van der Waals surface area (Å²) in [4.78, 5) is 18.9. The number of H-pyrrole nitrogens is 1. The highest BCUT2D eigenvalue weighted by Crippen LogP contribution is 2.14. The third-order valence-electron chi connectivity index (χ3n) is 2.66. The Balaban J connectivity index is 2.83. The lowest BCUT2D eigenvalue weighted by Gasteiger charge is -2.20. The van der Waals surface area contributed by atoms with Gasteiger partial charge < -0.3 is 15.0 Å². The molecule has 1 rings (SSSR count). The van der Waals surface area contributed by atoms with Gasteiger partial charge >= 0.3 is 0 Å². The maximum Gasteiger partial charge on any atom is 0.255 e. The zero-order valence-electron chi connectivity index (χ0n) is 11.8. The van der Waals surface area contributed by atoms with Gasteiger partial charge in [-0.15, -0.1) is 0 Å². The molecule has 0 aliphatic rings. The number of hydrogen-bond acceptors (Lipinski definition) is 4. The molecule has 0 bridgehead atoms. The molecule has 1 atom stereocenters. The van der Waals surface area contributed by atoms with Gasteiger partial charge in [-0.3, -0.25) is 4.79 Å². The zero-order chi connectivity index (χ0) is 13.8. The summed E-state index contributed by atoms with van der Waals surface area (Å²) < 4.78 is 5.25. The van der Waals surface area contributed by atoms with Gasteiger partial charge in [0.2, 0.25) is 0 Å². The number of aromatic amines is 1. The van der Waals surface area contributed by atoms with Crippen LogP contribution in [0.2, 0.25) is 0 Å². The lowest BCUT2D eigenvalue weighted by Crippen LogP contribution is -2.37. The van der Waals surface area contributed by atoms with E-state index in [2.05, 4.69) is 36.1 Å². The lowest BCUT2D eigenvalue weighted by molar-refractivity contribution is 0.0923. The van der Waals surface area contributed by atoms with E-state index < -0.39 is 0 Å². The average molecular weight is 253 g/mol. The third-order valence-corrected chi connectivity index (χ3v) is 2.66. The molecule has 0 saturated carbocycles. The smallest absolute Gasteiger partial charge is 0.255 e. The highest BCUT2D eigenvalue weighted by Gasteiger charge is 2.13. The van der Waals surface area contributed by atoms with Crippen LogP contribution in [0.1, 0.15) is 51.6 Å². The number of nitrogens with zero attached hydrogens (tertiary/aromatic N) is 1. The van der Waals surface area contributed by atoms with Gasteiger partial charge in [-0.25, -0.2) is 4.98 Å². The molecule has 0 aliphatic heterocycles. The molecule has 1 heterocycles. The van der Waals surface area contributed by atoms with E-state index in [4.69, 9.17) is 4.74 Å². The first kappa shape index (κ1) is 14.9. The Morgan fingerprint density at radius 2 is 2.17 bits per heavy atom. The Hall–Kier alpha value is -1.20. The Kier molecular flexibility index (Phi) is 5.04. The summed E-state index contributed by atoms with van der Waals surface area (Å²) in [5, 5.41) is 3.26. The fourth-order valence-corrected chi connectivity index (χ4v) is 1.56. The molecule has 1 unspecified atom stereocenters. The molecule has 1 aromatic rings. The highest BCUT2D eigenvalue weighted by atomic mass is 16.5. The van der Waals surface area contributed by atoms with Crippen molar-refractivity contribution in [2.24, 2.45) is 0 Å². The van der Waals surface area contributed by atoms with Gasteiger partial charge in [0.05, 0.1) is 0 Å². The van der Waals surface area contributed by atoms with Crippen LogP contribution in [0.25, 0.3) is 0 Å². The van der Waals surface area contributed by atoms with Crippen LogP contribution in [0.5, 0.6) is 0 Å². The molecule has 1 aromatic heterocycles. The standard InChI is InChI=1S/C13H23N3O2/c1-6-10(18-5)11-14-7-9(12(17)16-11)8-15-13(2,3)4/h7,10,15H,6,8H2,1-5H3,(H,14,16,17). The first-order chi connectivity index (χ1) is 8.37. The van der Waals surface area contributed by atoms with Crippen LogP contribution >= 0.6 is 0 Å². The molecule has 18 heavy (non-hydrogen) atoms. The lowest BCUT2D eigenvalue weighted by atomic mass is 10.1. The Morgan fingerprint density at radius 3 is 2.61 bits per heavy atom. The van der Waals surface area contributed by atoms with Crippen molar-refractivity contribution in [2.45, 2.75) is 52.3 Å². The second kappa shape index (κ2) is 6.11. The zero-order valence-corrected chi connectivity index (χ0v) is 11.8. The highest BCUT2D eigenvalue weighted by molar-refractivity contribution is 5.07. The monoisotopic (exact) mass is 253 g/mol. The Bertz CT molecular complexity index is 431. The number of rotatable bonds is 5. The number of hydrogen-bond donors (Lipinski definition) is 2. The molecule has 5 heteroatoms. The topological polar surface area (TPSA) is 67.0 Å². The van der Waals surface area contributed by atoms with Crippen molar-refractivity contribution < 1.29 is 4.74 Å². The molecule has 0 aromatic carbocycles. The summed E-state index contributed by atoms with van der Waals surface area (Å²) >= 11 is 0. The van der Waals surface area contributed by atoms with Crippen molar-refractivity contribution in [3.63, 3.8) is 0 Å². The number of methoxy groups -OCH3 is 1. The molecule has 0 fully saturated rings. The Labute approximate surface area is 108 Å². The summed E-state index contributed by atoms with van der Waals surface area (Å²) in [7, 11) is 1.61. The fourth-order valence-electron chi connectivity index (χ4n) is 1.56.